The van der Waals surface area contributed by atoms with Gasteiger partial charge in [-0.25, -0.2) is 0 Å². The number of halogens is 1. The van der Waals surface area contributed by atoms with Gasteiger partial charge in [0.15, 0.2) is 11.6 Å². The highest BCUT2D eigenvalue weighted by atomic mass is 79.9. The molecule has 4 atom stereocenters. The molecule has 3 aromatic carbocycles. The van der Waals surface area contributed by atoms with Crippen LogP contribution in [0, 0.1) is 12.8 Å². The average molecular weight is 527 g/mol. The van der Waals surface area contributed by atoms with Crippen LogP contribution < -0.4 is 10.2 Å². The maximum Gasteiger partial charge on any atom is 0.238 e. The van der Waals surface area contributed by atoms with Gasteiger partial charge in [-0.15, -0.1) is 0 Å². The van der Waals surface area contributed by atoms with Crippen molar-refractivity contribution in [1.82, 2.24) is 0 Å². The number of aryl methyl sites for hydroxylation is 1. The molecule has 3 aliphatic rings. The highest BCUT2D eigenvalue weighted by molar-refractivity contribution is 9.10. The minimum Gasteiger partial charge on any atom is -0.352 e. The number of hydrogen-bond acceptors (Lipinski definition) is 4. The monoisotopic (exact) mass is 526 g/mol. The van der Waals surface area contributed by atoms with Crippen LogP contribution in [0.25, 0.3) is 6.08 Å². The van der Waals surface area contributed by atoms with Crippen LogP contribution in [0.3, 0.4) is 0 Å². The van der Waals surface area contributed by atoms with E-state index in [9.17, 15) is 14.4 Å². The predicted octanol–water partition coefficient (Wildman–Crippen LogP) is 5.32. The molecule has 1 saturated heterocycles. The first-order chi connectivity index (χ1) is 16.8. The van der Waals surface area contributed by atoms with Gasteiger partial charge < -0.3 is 10.2 Å². The lowest BCUT2D eigenvalue weighted by molar-refractivity contribution is -0.122. The van der Waals surface area contributed by atoms with E-state index in [4.69, 9.17) is 0 Å². The third-order valence-corrected chi connectivity index (χ3v) is 8.14. The Labute approximate surface area is 212 Å². The van der Waals surface area contributed by atoms with Crippen LogP contribution in [0.5, 0.6) is 0 Å². The van der Waals surface area contributed by atoms with Gasteiger partial charge in [-0.2, -0.15) is 0 Å². The first-order valence-corrected chi connectivity index (χ1v) is 12.4. The van der Waals surface area contributed by atoms with Crippen molar-refractivity contribution >= 4 is 50.9 Å². The molecular weight excluding hydrogens is 504 g/mol. The molecule has 0 bridgehead atoms. The summed E-state index contributed by atoms with van der Waals surface area (Å²) in [6, 6.07) is 19.4. The zero-order chi connectivity index (χ0) is 24.5. The van der Waals surface area contributed by atoms with Crippen molar-refractivity contribution in [1.29, 1.82) is 0 Å². The van der Waals surface area contributed by atoms with Crippen molar-refractivity contribution in [3.8, 4) is 0 Å². The highest BCUT2D eigenvalue weighted by Crippen LogP contribution is 2.57. The normalized spacial score (nSPS) is 25.7. The number of anilines is 2. The van der Waals surface area contributed by atoms with Crippen LogP contribution >= 0.6 is 15.9 Å². The smallest absolute Gasteiger partial charge is 0.238 e. The summed E-state index contributed by atoms with van der Waals surface area (Å²) in [5.74, 6) is -1.48. The van der Waals surface area contributed by atoms with Gasteiger partial charge in [-0.3, -0.25) is 14.4 Å². The standard InChI is InChI=1S/C29H23BrN2O3/c1-16-7-13-23-19(15-16)10-14-24-29(21-5-3-4-6-22(21)31-28(29)35)25(26(17(2)33)32(23)24)27(34)18-8-11-20(30)12-9-18/h3-15,24-26H,1-2H3,(H,31,35)/t24-,25+,26-,29-/m1/s1. The second kappa shape index (κ2) is 7.75. The van der Waals surface area contributed by atoms with E-state index < -0.39 is 23.4 Å². The average Bonchev–Trinajstić information content (AvgIpc) is 3.32. The van der Waals surface area contributed by atoms with Crippen LogP contribution in [-0.4, -0.2) is 29.6 Å². The van der Waals surface area contributed by atoms with Crippen LogP contribution in [0.2, 0.25) is 0 Å². The molecule has 0 saturated carbocycles. The summed E-state index contributed by atoms with van der Waals surface area (Å²) in [7, 11) is 0. The number of nitrogens with zero attached hydrogens (tertiary/aromatic N) is 1. The second-order valence-electron chi connectivity index (χ2n) is 9.55. The lowest BCUT2D eigenvalue weighted by Crippen LogP contribution is -2.51. The Morgan fingerprint density at radius 3 is 2.51 bits per heavy atom. The molecule has 174 valence electrons. The molecule has 5 nitrogen and oxygen atoms in total. The molecule has 0 unspecified atom stereocenters. The lowest BCUT2D eigenvalue weighted by atomic mass is 9.64. The molecule has 0 aromatic heterocycles. The largest absolute Gasteiger partial charge is 0.352 e. The number of hydrogen-bond donors (Lipinski definition) is 1. The molecule has 1 fully saturated rings. The fraction of sp³-hybridized carbons (Fsp3) is 0.207. The number of amides is 1. The maximum atomic E-state index is 14.3. The van der Waals surface area contributed by atoms with Crippen molar-refractivity contribution in [2.75, 3.05) is 10.2 Å². The third-order valence-electron chi connectivity index (χ3n) is 7.62. The number of nitrogens with one attached hydrogen (secondary N) is 1. The number of benzene rings is 3. The topological polar surface area (TPSA) is 66.5 Å². The summed E-state index contributed by atoms with van der Waals surface area (Å²) < 4.78 is 0.854. The number of rotatable bonds is 3. The van der Waals surface area contributed by atoms with Crippen LogP contribution in [0.4, 0.5) is 11.4 Å². The van der Waals surface area contributed by atoms with Crippen LogP contribution in [0.1, 0.15) is 34.0 Å². The Kier molecular flexibility index (Phi) is 4.87. The van der Waals surface area contributed by atoms with E-state index in [2.05, 4.69) is 27.3 Å². The van der Waals surface area contributed by atoms with Gasteiger partial charge in [0.2, 0.25) is 5.91 Å². The Balaban J connectivity index is 1.65. The van der Waals surface area contributed by atoms with Gasteiger partial charge >= 0.3 is 0 Å². The van der Waals surface area contributed by atoms with E-state index in [-0.39, 0.29) is 17.5 Å². The van der Waals surface area contributed by atoms with Gasteiger partial charge in [0.1, 0.15) is 5.41 Å². The molecule has 1 N–H and O–H groups in total. The van der Waals surface area contributed by atoms with Gasteiger partial charge in [0, 0.05) is 21.4 Å². The lowest BCUT2D eigenvalue weighted by Gasteiger charge is -2.37. The molecular formula is C29H23BrN2O3. The zero-order valence-corrected chi connectivity index (χ0v) is 20.9. The first kappa shape index (κ1) is 22.0. The van der Waals surface area contributed by atoms with Gasteiger partial charge in [-0.1, -0.05) is 70.0 Å². The number of ketones is 2. The maximum absolute atomic E-state index is 14.3. The van der Waals surface area contributed by atoms with Crippen molar-refractivity contribution in [2.24, 2.45) is 5.92 Å². The molecule has 0 radical (unpaired) electrons. The highest BCUT2D eigenvalue weighted by Gasteiger charge is 2.69. The summed E-state index contributed by atoms with van der Waals surface area (Å²) in [4.78, 5) is 43.7. The van der Waals surface area contributed by atoms with Crippen molar-refractivity contribution in [3.63, 3.8) is 0 Å². The Morgan fingerprint density at radius 2 is 1.77 bits per heavy atom. The van der Waals surface area contributed by atoms with Crippen molar-refractivity contribution in [2.45, 2.75) is 31.3 Å². The molecule has 3 heterocycles. The van der Waals surface area contributed by atoms with E-state index in [1.54, 1.807) is 12.1 Å². The molecule has 1 amide bonds. The summed E-state index contributed by atoms with van der Waals surface area (Å²) in [5.41, 5.74) is 3.64. The summed E-state index contributed by atoms with van der Waals surface area (Å²) in [6.45, 7) is 3.54. The molecule has 0 aliphatic carbocycles. The molecule has 6 rings (SSSR count). The summed E-state index contributed by atoms with van der Waals surface area (Å²) in [6.07, 6.45) is 4.01. The predicted molar refractivity (Wildman–Crippen MR) is 140 cm³/mol. The minimum absolute atomic E-state index is 0.138. The van der Waals surface area contributed by atoms with E-state index in [1.165, 1.54) is 6.92 Å². The number of fused-ring (bicyclic) bond motifs is 6. The Bertz CT molecular complexity index is 1440. The first-order valence-electron chi connectivity index (χ1n) is 11.6. The van der Waals surface area contributed by atoms with Crippen molar-refractivity contribution in [3.05, 3.63) is 99.5 Å². The number of para-hydroxylation sites is 1. The zero-order valence-electron chi connectivity index (χ0n) is 19.3. The number of carbonyl (C=O) groups is 3. The summed E-state index contributed by atoms with van der Waals surface area (Å²) >= 11 is 3.43. The minimum atomic E-state index is -1.24. The summed E-state index contributed by atoms with van der Waals surface area (Å²) in [5, 5.41) is 3.03. The van der Waals surface area contributed by atoms with Crippen LogP contribution in [0.15, 0.2) is 77.3 Å². The molecule has 35 heavy (non-hydrogen) atoms. The van der Waals surface area contributed by atoms with E-state index in [0.29, 0.717) is 11.3 Å². The van der Waals surface area contributed by atoms with E-state index in [1.807, 2.05) is 72.5 Å². The van der Waals surface area contributed by atoms with Gasteiger partial charge in [0.05, 0.1) is 18.0 Å². The second-order valence-corrected chi connectivity index (χ2v) is 10.5. The molecule has 1 spiro atoms. The molecule has 3 aliphatic heterocycles. The van der Waals surface area contributed by atoms with E-state index in [0.717, 1.165) is 26.9 Å². The van der Waals surface area contributed by atoms with Crippen molar-refractivity contribution < 1.29 is 14.4 Å². The van der Waals surface area contributed by atoms with E-state index >= 15 is 0 Å². The Hall–Kier alpha value is -3.51. The van der Waals surface area contributed by atoms with Crippen LogP contribution in [-0.2, 0) is 15.0 Å². The molecule has 6 heteroatoms. The quantitative estimate of drug-likeness (QED) is 0.469. The fourth-order valence-corrected chi connectivity index (χ4v) is 6.51. The van der Waals surface area contributed by atoms with Gasteiger partial charge in [-0.05, 0) is 55.3 Å². The Morgan fingerprint density at radius 1 is 1.03 bits per heavy atom. The SMILES string of the molecule is CC(=O)[C@@H]1[C@@H](C(=O)c2ccc(Br)cc2)[C@]2(C(=O)Nc3ccccc32)[C@H]2C=Cc3cc(C)ccc3N12. The van der Waals surface area contributed by atoms with Gasteiger partial charge in [0.25, 0.3) is 0 Å². The third kappa shape index (κ3) is 2.96. The number of carbonyl (C=O) groups excluding carboxylic acids is 3. The fourth-order valence-electron chi connectivity index (χ4n) is 6.25. The number of Topliss-reactive ketones (excluding diaryl/α,β-unsaturated/α-hetero) is 2. The molecule has 3 aromatic rings.